The molecule has 5 nitrogen and oxygen atoms in total. The summed E-state index contributed by atoms with van der Waals surface area (Å²) in [6, 6.07) is 6.80. The van der Waals surface area contributed by atoms with Crippen molar-refractivity contribution in [2.24, 2.45) is 0 Å². The van der Waals surface area contributed by atoms with Gasteiger partial charge in [0.15, 0.2) is 12.0 Å². The van der Waals surface area contributed by atoms with Gasteiger partial charge in [-0.05, 0) is 30.3 Å². The van der Waals surface area contributed by atoms with Crippen LogP contribution >= 0.6 is 0 Å². The number of sulfonamides is 1. The SMILES string of the molecule is O=S(=O)(Nc1cccc2ocnc12)c1cc(F)ccc1F. The fourth-order valence-electron chi connectivity index (χ4n) is 1.85. The third-order valence-corrected chi connectivity index (χ3v) is 4.17. The molecular formula is C13H8F2N2O3S. The number of nitrogens with zero attached hydrogens (tertiary/aromatic N) is 1. The zero-order valence-electron chi connectivity index (χ0n) is 10.4. The lowest BCUT2D eigenvalue weighted by Gasteiger charge is -2.09. The number of para-hydroxylation sites is 1. The largest absolute Gasteiger partial charge is 0.443 e. The summed E-state index contributed by atoms with van der Waals surface area (Å²) < 4.78 is 58.3. The lowest BCUT2D eigenvalue weighted by molar-refractivity contribution is 0.555. The highest BCUT2D eigenvalue weighted by Gasteiger charge is 2.21. The molecule has 1 N–H and O–H groups in total. The van der Waals surface area contributed by atoms with Crippen LogP contribution in [0.15, 0.2) is 52.1 Å². The van der Waals surface area contributed by atoms with Crippen LogP contribution in [0.5, 0.6) is 0 Å². The van der Waals surface area contributed by atoms with Crippen LogP contribution in [0.25, 0.3) is 11.1 Å². The fraction of sp³-hybridized carbons (Fsp3) is 0. The topological polar surface area (TPSA) is 72.2 Å². The predicted molar refractivity (Wildman–Crippen MR) is 71.2 cm³/mol. The first-order chi connectivity index (χ1) is 9.97. The quantitative estimate of drug-likeness (QED) is 0.807. The average molecular weight is 310 g/mol. The molecule has 8 heteroatoms. The summed E-state index contributed by atoms with van der Waals surface area (Å²) in [5.41, 5.74) is 0.762. The van der Waals surface area contributed by atoms with E-state index in [4.69, 9.17) is 4.42 Å². The summed E-state index contributed by atoms with van der Waals surface area (Å²) in [5, 5.41) is 0. The Morgan fingerprint density at radius 1 is 1.14 bits per heavy atom. The Hall–Kier alpha value is -2.48. The van der Waals surface area contributed by atoms with Crippen LogP contribution in [0.2, 0.25) is 0 Å². The molecule has 21 heavy (non-hydrogen) atoms. The molecule has 0 aliphatic heterocycles. The molecule has 1 aromatic heterocycles. The molecule has 0 radical (unpaired) electrons. The molecular weight excluding hydrogens is 302 g/mol. The number of anilines is 1. The maximum Gasteiger partial charge on any atom is 0.264 e. The number of hydrogen-bond acceptors (Lipinski definition) is 4. The molecule has 0 amide bonds. The van der Waals surface area contributed by atoms with E-state index in [-0.39, 0.29) is 11.2 Å². The highest BCUT2D eigenvalue weighted by atomic mass is 32.2. The van der Waals surface area contributed by atoms with Crippen LogP contribution in [0.1, 0.15) is 0 Å². The number of oxazole rings is 1. The van der Waals surface area contributed by atoms with Crippen LogP contribution < -0.4 is 4.72 Å². The van der Waals surface area contributed by atoms with Crippen LogP contribution in [-0.4, -0.2) is 13.4 Å². The van der Waals surface area contributed by atoms with Gasteiger partial charge in [-0.25, -0.2) is 22.2 Å². The molecule has 0 bridgehead atoms. The normalized spacial score (nSPS) is 11.7. The number of fused-ring (bicyclic) bond motifs is 1. The van der Waals surface area contributed by atoms with Crippen molar-refractivity contribution in [1.82, 2.24) is 4.98 Å². The standard InChI is InChI=1S/C13H8F2N2O3S/c14-8-4-5-9(15)12(6-8)21(18,19)17-10-2-1-3-11-13(10)16-7-20-11/h1-7,17H. The number of hydrogen-bond donors (Lipinski definition) is 1. The first-order valence-electron chi connectivity index (χ1n) is 5.77. The number of rotatable bonds is 3. The van der Waals surface area contributed by atoms with Gasteiger partial charge >= 0.3 is 0 Å². The number of aromatic nitrogens is 1. The molecule has 0 aliphatic carbocycles. The van der Waals surface area contributed by atoms with E-state index in [1.165, 1.54) is 6.07 Å². The third-order valence-electron chi connectivity index (χ3n) is 2.79. The smallest absolute Gasteiger partial charge is 0.264 e. The van der Waals surface area contributed by atoms with E-state index in [0.29, 0.717) is 11.6 Å². The minimum absolute atomic E-state index is 0.116. The summed E-state index contributed by atoms with van der Waals surface area (Å²) >= 11 is 0. The highest BCUT2D eigenvalue weighted by Crippen LogP contribution is 2.25. The maximum absolute atomic E-state index is 13.6. The van der Waals surface area contributed by atoms with Crippen molar-refractivity contribution in [2.45, 2.75) is 4.90 Å². The Morgan fingerprint density at radius 2 is 1.95 bits per heavy atom. The maximum atomic E-state index is 13.6. The summed E-state index contributed by atoms with van der Waals surface area (Å²) in [7, 11) is -4.28. The second-order valence-corrected chi connectivity index (χ2v) is 5.84. The predicted octanol–water partition coefficient (Wildman–Crippen LogP) is 2.91. The Balaban J connectivity index is 2.08. The molecule has 0 fully saturated rings. The van der Waals surface area contributed by atoms with Gasteiger partial charge in [0.05, 0.1) is 5.69 Å². The van der Waals surface area contributed by atoms with Gasteiger partial charge in [-0.15, -0.1) is 0 Å². The summed E-state index contributed by atoms with van der Waals surface area (Å²) in [5.74, 6) is -1.90. The summed E-state index contributed by atoms with van der Waals surface area (Å²) in [6.45, 7) is 0. The molecule has 2 aromatic carbocycles. The summed E-state index contributed by atoms with van der Waals surface area (Å²) in [6.07, 6.45) is 1.16. The Kier molecular flexibility index (Phi) is 3.09. The Labute approximate surface area is 118 Å². The van der Waals surface area contributed by atoms with Gasteiger partial charge in [-0.2, -0.15) is 0 Å². The molecule has 1 heterocycles. The highest BCUT2D eigenvalue weighted by molar-refractivity contribution is 7.92. The van der Waals surface area contributed by atoms with Crippen molar-refractivity contribution < 1.29 is 21.6 Å². The Morgan fingerprint density at radius 3 is 2.76 bits per heavy atom. The van der Waals surface area contributed by atoms with Gasteiger partial charge in [0.2, 0.25) is 0 Å². The molecule has 0 spiro atoms. The van der Waals surface area contributed by atoms with Crippen molar-refractivity contribution in [3.63, 3.8) is 0 Å². The monoisotopic (exact) mass is 310 g/mol. The average Bonchev–Trinajstić information content (AvgIpc) is 2.90. The van der Waals surface area contributed by atoms with Gasteiger partial charge in [-0.1, -0.05) is 6.07 Å². The number of benzene rings is 2. The molecule has 0 unspecified atom stereocenters. The molecule has 0 saturated carbocycles. The van der Waals surface area contributed by atoms with E-state index < -0.39 is 26.6 Å². The van der Waals surface area contributed by atoms with E-state index in [1.807, 2.05) is 0 Å². The van der Waals surface area contributed by atoms with Crippen molar-refractivity contribution in [3.05, 3.63) is 54.4 Å². The van der Waals surface area contributed by atoms with Crippen LogP contribution in [-0.2, 0) is 10.0 Å². The lowest BCUT2D eigenvalue weighted by atomic mass is 10.3. The van der Waals surface area contributed by atoms with Crippen molar-refractivity contribution in [2.75, 3.05) is 4.72 Å². The van der Waals surface area contributed by atoms with Gasteiger partial charge in [0, 0.05) is 0 Å². The lowest BCUT2D eigenvalue weighted by Crippen LogP contribution is -2.15. The van der Waals surface area contributed by atoms with Crippen molar-refractivity contribution >= 4 is 26.8 Å². The van der Waals surface area contributed by atoms with E-state index >= 15 is 0 Å². The van der Waals surface area contributed by atoms with Gasteiger partial charge in [0.25, 0.3) is 10.0 Å². The van der Waals surface area contributed by atoms with E-state index in [0.717, 1.165) is 18.5 Å². The van der Waals surface area contributed by atoms with Gasteiger partial charge in [0.1, 0.15) is 22.0 Å². The fourth-order valence-corrected chi connectivity index (χ4v) is 3.01. The van der Waals surface area contributed by atoms with E-state index in [9.17, 15) is 17.2 Å². The third kappa shape index (κ3) is 2.45. The molecule has 108 valence electrons. The number of nitrogens with one attached hydrogen (secondary N) is 1. The van der Waals surface area contributed by atoms with Crippen molar-refractivity contribution in [3.8, 4) is 0 Å². The molecule has 0 saturated heterocycles. The van der Waals surface area contributed by atoms with E-state index in [1.54, 1.807) is 12.1 Å². The molecule has 3 aromatic rings. The van der Waals surface area contributed by atoms with E-state index in [2.05, 4.69) is 9.71 Å². The van der Waals surface area contributed by atoms with Crippen molar-refractivity contribution in [1.29, 1.82) is 0 Å². The molecule has 3 rings (SSSR count). The first-order valence-corrected chi connectivity index (χ1v) is 7.26. The zero-order chi connectivity index (χ0) is 15.0. The van der Waals surface area contributed by atoms with Crippen LogP contribution in [0, 0.1) is 11.6 Å². The minimum atomic E-state index is -4.28. The Bertz CT molecular complexity index is 922. The minimum Gasteiger partial charge on any atom is -0.443 e. The van der Waals surface area contributed by atoms with Crippen LogP contribution in [0.4, 0.5) is 14.5 Å². The molecule has 0 aliphatic rings. The van der Waals surface area contributed by atoms with Gasteiger partial charge < -0.3 is 4.42 Å². The summed E-state index contributed by atoms with van der Waals surface area (Å²) in [4.78, 5) is 3.10. The number of halogens is 2. The zero-order valence-corrected chi connectivity index (χ0v) is 11.2. The molecule has 0 atom stereocenters. The van der Waals surface area contributed by atoms with Crippen LogP contribution in [0.3, 0.4) is 0 Å². The second-order valence-electron chi connectivity index (χ2n) is 4.18. The first kappa shape index (κ1) is 13.5. The second kappa shape index (κ2) is 4.81. The van der Waals surface area contributed by atoms with Gasteiger partial charge in [-0.3, -0.25) is 4.72 Å².